The van der Waals surface area contributed by atoms with Crippen molar-refractivity contribution in [2.45, 2.75) is 6.42 Å². The first-order valence-electron chi connectivity index (χ1n) is 8.36. The Kier molecular flexibility index (Phi) is 8.08. The van der Waals surface area contributed by atoms with E-state index in [1.165, 1.54) is 23.2 Å². The van der Waals surface area contributed by atoms with Gasteiger partial charge in [-0.2, -0.15) is 0 Å². The molecule has 8 heteroatoms. The van der Waals surface area contributed by atoms with Gasteiger partial charge in [-0.3, -0.25) is 4.99 Å². The predicted octanol–water partition coefficient (Wildman–Crippen LogP) is 3.58. The van der Waals surface area contributed by atoms with Gasteiger partial charge < -0.3 is 15.1 Å². The Labute approximate surface area is 173 Å². The average molecular weight is 492 g/mol. The van der Waals surface area contributed by atoms with Gasteiger partial charge in [0, 0.05) is 45.3 Å². The Bertz CT molecular complexity index is 696. The number of nitrogens with one attached hydrogen (secondary N) is 1. The molecule has 1 aliphatic rings. The van der Waals surface area contributed by atoms with Crippen LogP contribution in [0, 0.1) is 11.6 Å². The van der Waals surface area contributed by atoms with Crippen LogP contribution in [-0.2, 0) is 6.42 Å². The zero-order valence-electron chi connectivity index (χ0n) is 14.6. The molecule has 0 aliphatic carbocycles. The Morgan fingerprint density at radius 2 is 1.81 bits per heavy atom. The third kappa shape index (κ3) is 5.06. The average Bonchev–Trinajstić information content (AvgIpc) is 3.16. The van der Waals surface area contributed by atoms with Crippen LogP contribution in [0.15, 0.2) is 40.7 Å². The van der Waals surface area contributed by atoms with Crippen LogP contribution in [0.3, 0.4) is 0 Å². The summed E-state index contributed by atoms with van der Waals surface area (Å²) in [6.07, 6.45) is 0.284. The van der Waals surface area contributed by atoms with Gasteiger partial charge in [0.15, 0.2) is 5.96 Å². The van der Waals surface area contributed by atoms with Gasteiger partial charge in [0.05, 0.1) is 5.00 Å². The minimum absolute atomic E-state index is 0. The number of guanidine groups is 1. The fourth-order valence-corrected chi connectivity index (χ4v) is 3.78. The van der Waals surface area contributed by atoms with Gasteiger partial charge in [0.2, 0.25) is 0 Å². The van der Waals surface area contributed by atoms with Crippen LogP contribution < -0.4 is 10.2 Å². The maximum atomic E-state index is 13.7. The van der Waals surface area contributed by atoms with Crippen LogP contribution in [0.5, 0.6) is 0 Å². The molecule has 142 valence electrons. The number of piperazine rings is 1. The molecule has 0 atom stereocenters. The molecular formula is C18H23F2IN4S. The molecule has 0 saturated carbocycles. The highest BCUT2D eigenvalue weighted by Crippen LogP contribution is 2.22. The maximum Gasteiger partial charge on any atom is 0.193 e. The summed E-state index contributed by atoms with van der Waals surface area (Å²) in [5.74, 6) is -0.217. The van der Waals surface area contributed by atoms with Crippen molar-refractivity contribution < 1.29 is 8.78 Å². The van der Waals surface area contributed by atoms with Crippen molar-refractivity contribution >= 4 is 46.3 Å². The predicted molar refractivity (Wildman–Crippen MR) is 115 cm³/mol. The first kappa shape index (κ1) is 20.9. The lowest BCUT2D eigenvalue weighted by Crippen LogP contribution is -2.52. The standard InChI is InChI=1S/C18H22F2N4S.HI/c1-21-18(22-8-7-14-15(19)4-2-5-16(14)20)24-11-9-23(10-12-24)17-6-3-13-25-17;/h2-6,13H,7-12H2,1H3,(H,21,22);1H. The fourth-order valence-electron chi connectivity index (χ4n) is 2.99. The van der Waals surface area contributed by atoms with Crippen molar-refractivity contribution in [3.05, 3.63) is 52.9 Å². The van der Waals surface area contributed by atoms with E-state index in [0.29, 0.717) is 6.54 Å². The minimum atomic E-state index is -0.499. The number of halogens is 3. The van der Waals surface area contributed by atoms with Crippen molar-refractivity contribution in [2.24, 2.45) is 4.99 Å². The Morgan fingerprint density at radius 1 is 1.12 bits per heavy atom. The molecule has 2 heterocycles. The third-order valence-electron chi connectivity index (χ3n) is 4.33. The minimum Gasteiger partial charge on any atom is -0.360 e. The summed E-state index contributed by atoms with van der Waals surface area (Å²) in [7, 11) is 1.73. The number of anilines is 1. The summed E-state index contributed by atoms with van der Waals surface area (Å²) in [5, 5.41) is 6.60. The molecule has 0 amide bonds. The van der Waals surface area contributed by atoms with Crippen molar-refractivity contribution in [3.8, 4) is 0 Å². The van der Waals surface area contributed by atoms with Crippen molar-refractivity contribution in [2.75, 3.05) is 44.7 Å². The molecule has 0 unspecified atom stereocenters. The normalized spacial score (nSPS) is 15.0. The molecule has 1 aliphatic heterocycles. The molecule has 26 heavy (non-hydrogen) atoms. The van der Waals surface area contributed by atoms with Crippen LogP contribution in [0.2, 0.25) is 0 Å². The van der Waals surface area contributed by atoms with Crippen LogP contribution >= 0.6 is 35.3 Å². The van der Waals surface area contributed by atoms with E-state index >= 15 is 0 Å². The second kappa shape index (κ2) is 10.1. The lowest BCUT2D eigenvalue weighted by atomic mass is 10.1. The van der Waals surface area contributed by atoms with Crippen LogP contribution in [0.1, 0.15) is 5.56 Å². The Hall–Kier alpha value is -1.42. The number of aliphatic imine (C=N–C) groups is 1. The number of nitrogens with zero attached hydrogens (tertiary/aromatic N) is 3. The molecule has 2 aromatic rings. The fraction of sp³-hybridized carbons (Fsp3) is 0.389. The van der Waals surface area contributed by atoms with Crippen LogP contribution in [0.4, 0.5) is 13.8 Å². The quantitative estimate of drug-likeness (QED) is 0.402. The second-order valence-electron chi connectivity index (χ2n) is 5.85. The summed E-state index contributed by atoms with van der Waals surface area (Å²) >= 11 is 1.75. The second-order valence-corrected chi connectivity index (χ2v) is 6.78. The SMILES string of the molecule is CN=C(NCCc1c(F)cccc1F)N1CCN(c2cccs2)CC1.I. The summed E-state index contributed by atoms with van der Waals surface area (Å²) in [4.78, 5) is 8.85. The van der Waals surface area contributed by atoms with Crippen molar-refractivity contribution in [1.82, 2.24) is 10.2 Å². The smallest absolute Gasteiger partial charge is 0.193 e. The van der Waals surface area contributed by atoms with Crippen molar-refractivity contribution in [1.29, 1.82) is 0 Å². The van der Waals surface area contributed by atoms with Crippen molar-refractivity contribution in [3.63, 3.8) is 0 Å². The van der Waals surface area contributed by atoms with E-state index in [2.05, 4.69) is 37.6 Å². The van der Waals surface area contributed by atoms with E-state index < -0.39 is 11.6 Å². The zero-order valence-corrected chi connectivity index (χ0v) is 17.8. The zero-order chi connectivity index (χ0) is 17.6. The molecule has 3 rings (SSSR count). The first-order valence-corrected chi connectivity index (χ1v) is 9.24. The Morgan fingerprint density at radius 3 is 2.38 bits per heavy atom. The summed E-state index contributed by atoms with van der Waals surface area (Å²) in [6.45, 7) is 4.04. The van der Waals surface area contributed by atoms with E-state index in [-0.39, 0.29) is 36.0 Å². The van der Waals surface area contributed by atoms with Gasteiger partial charge >= 0.3 is 0 Å². The van der Waals surface area contributed by atoms with E-state index in [4.69, 9.17) is 0 Å². The highest BCUT2D eigenvalue weighted by atomic mass is 127. The van der Waals surface area contributed by atoms with Crippen LogP contribution in [0.25, 0.3) is 0 Å². The Balaban J connectivity index is 0.00000243. The summed E-state index contributed by atoms with van der Waals surface area (Å²) in [5.41, 5.74) is 0.118. The van der Waals surface area contributed by atoms with E-state index in [9.17, 15) is 8.78 Å². The van der Waals surface area contributed by atoms with Gasteiger partial charge in [-0.05, 0) is 36.1 Å². The van der Waals surface area contributed by atoms with E-state index in [0.717, 1.165) is 32.1 Å². The van der Waals surface area contributed by atoms with Crippen LogP contribution in [-0.4, -0.2) is 50.6 Å². The first-order chi connectivity index (χ1) is 12.2. The van der Waals surface area contributed by atoms with Gasteiger partial charge in [-0.1, -0.05) is 6.07 Å². The molecule has 1 saturated heterocycles. The molecule has 1 fully saturated rings. The molecule has 4 nitrogen and oxygen atoms in total. The van der Waals surface area contributed by atoms with Gasteiger partial charge in [-0.15, -0.1) is 35.3 Å². The molecule has 1 N–H and O–H groups in total. The highest BCUT2D eigenvalue weighted by molar-refractivity contribution is 14.0. The number of thiophene rings is 1. The number of hydrogen-bond donors (Lipinski definition) is 1. The lowest BCUT2D eigenvalue weighted by molar-refractivity contribution is 0.373. The highest BCUT2D eigenvalue weighted by Gasteiger charge is 2.20. The number of hydrogen-bond acceptors (Lipinski definition) is 3. The van der Waals surface area contributed by atoms with E-state index in [1.54, 1.807) is 18.4 Å². The topological polar surface area (TPSA) is 30.9 Å². The summed E-state index contributed by atoms with van der Waals surface area (Å²) < 4.78 is 27.4. The largest absolute Gasteiger partial charge is 0.360 e. The molecule has 0 bridgehead atoms. The number of benzene rings is 1. The van der Waals surface area contributed by atoms with Gasteiger partial charge in [0.25, 0.3) is 0 Å². The lowest BCUT2D eigenvalue weighted by Gasteiger charge is -2.37. The molecular weight excluding hydrogens is 469 g/mol. The van der Waals surface area contributed by atoms with Gasteiger partial charge in [0.1, 0.15) is 11.6 Å². The number of rotatable bonds is 4. The van der Waals surface area contributed by atoms with Gasteiger partial charge in [-0.25, -0.2) is 8.78 Å². The third-order valence-corrected chi connectivity index (χ3v) is 5.26. The molecule has 0 spiro atoms. The monoisotopic (exact) mass is 492 g/mol. The van der Waals surface area contributed by atoms with E-state index in [1.807, 2.05) is 0 Å². The summed E-state index contributed by atoms with van der Waals surface area (Å²) in [6, 6.07) is 8.16. The molecule has 0 radical (unpaired) electrons. The molecule has 1 aromatic heterocycles. The molecule has 1 aromatic carbocycles. The maximum absolute atomic E-state index is 13.7.